The first kappa shape index (κ1) is 37.5. The predicted octanol–water partition coefficient (Wildman–Crippen LogP) is 9.18. The van der Waals surface area contributed by atoms with Crippen molar-refractivity contribution < 1.29 is 9.90 Å². The minimum atomic E-state index is -0.994. The molecule has 0 aliphatic carbocycles. The lowest BCUT2D eigenvalue weighted by molar-refractivity contribution is 0.254. The third kappa shape index (κ3) is 8.46. The molecule has 15 heteroatoms. The minimum absolute atomic E-state index is 0.00228. The number of phenolic OH excluding ortho intramolecular Hbond substituents is 1. The monoisotopic (exact) mass is 787 g/mol. The fourth-order valence-corrected chi connectivity index (χ4v) is 6.15. The predicted molar refractivity (Wildman–Crippen MR) is 220 cm³/mol. The van der Waals surface area contributed by atoms with E-state index in [-0.39, 0.29) is 40.4 Å². The lowest BCUT2D eigenvalue weighted by Gasteiger charge is -2.21. The van der Waals surface area contributed by atoms with Gasteiger partial charge in [-0.15, -0.1) is 0 Å². The number of primary amides is 1. The Balaban J connectivity index is 1.54. The van der Waals surface area contributed by atoms with E-state index in [2.05, 4.69) is 32.7 Å². The molecule has 0 spiro atoms. The molecule has 276 valence electrons. The van der Waals surface area contributed by atoms with E-state index in [4.69, 9.17) is 44.0 Å². The van der Waals surface area contributed by atoms with Crippen LogP contribution in [0.25, 0.3) is 22.3 Å². The van der Waals surface area contributed by atoms with Gasteiger partial charge in [0.25, 0.3) is 0 Å². The van der Waals surface area contributed by atoms with Gasteiger partial charge in [0.15, 0.2) is 0 Å². The lowest BCUT2D eigenvalue weighted by atomic mass is 9.97. The highest BCUT2D eigenvalue weighted by atomic mass is 35.5. The Morgan fingerprint density at radius 1 is 0.667 bits per heavy atom. The van der Waals surface area contributed by atoms with Crippen molar-refractivity contribution in [1.82, 2.24) is 19.9 Å². The van der Waals surface area contributed by atoms with E-state index in [1.807, 2.05) is 0 Å². The molecule has 57 heavy (non-hydrogen) atoms. The second kappa shape index (κ2) is 16.7. The number of carbonyl (C=O) groups excluding carboxylic acids is 1. The van der Waals surface area contributed by atoms with Crippen LogP contribution in [0.2, 0.25) is 10.0 Å². The number of carbonyl (C=O) groups is 1. The van der Waals surface area contributed by atoms with Crippen LogP contribution in [0.4, 0.5) is 33.8 Å². The number of nitriles is 2. The summed E-state index contributed by atoms with van der Waals surface area (Å²) >= 11 is 13.6. The number of benzene rings is 5. The molecule has 0 radical (unpaired) electrons. The van der Waals surface area contributed by atoms with Crippen LogP contribution in [0, 0.1) is 22.7 Å². The summed E-state index contributed by atoms with van der Waals surface area (Å²) in [6, 6.07) is 36.6. The Morgan fingerprint density at radius 3 is 1.56 bits per heavy atom. The number of hydrazone groups is 1. The number of amides is 2. The Morgan fingerprint density at radius 2 is 1.14 bits per heavy atom. The van der Waals surface area contributed by atoms with Gasteiger partial charge < -0.3 is 21.5 Å². The van der Waals surface area contributed by atoms with Crippen LogP contribution < -0.4 is 21.4 Å². The first-order valence-electron chi connectivity index (χ1n) is 17.0. The van der Waals surface area contributed by atoms with Crippen molar-refractivity contribution >= 4 is 63.9 Å². The van der Waals surface area contributed by atoms with Crippen molar-refractivity contribution in [3.05, 3.63) is 166 Å². The van der Waals surface area contributed by atoms with Crippen molar-refractivity contribution in [2.24, 2.45) is 10.8 Å². The number of rotatable bonds is 10. The van der Waals surface area contributed by atoms with Gasteiger partial charge in [-0.3, -0.25) is 0 Å². The van der Waals surface area contributed by atoms with Crippen LogP contribution in [0.3, 0.4) is 0 Å². The Hall–Kier alpha value is -7.84. The minimum Gasteiger partial charge on any atom is -0.508 e. The summed E-state index contributed by atoms with van der Waals surface area (Å²) in [5, 5.41) is 42.0. The molecule has 5 aromatic carbocycles. The number of nitrogens with two attached hydrogens (primary N) is 1. The van der Waals surface area contributed by atoms with Crippen LogP contribution in [-0.4, -0.2) is 36.8 Å². The van der Waals surface area contributed by atoms with Crippen molar-refractivity contribution in [2.75, 3.05) is 15.6 Å². The molecule has 0 saturated carbocycles. The highest BCUT2D eigenvalue weighted by molar-refractivity contribution is 6.34. The zero-order valence-electron chi connectivity index (χ0n) is 29.5. The van der Waals surface area contributed by atoms with E-state index in [1.165, 1.54) is 18.2 Å². The Bertz CT molecular complexity index is 2590. The molecule has 0 bridgehead atoms. The van der Waals surface area contributed by atoms with Gasteiger partial charge in [0.1, 0.15) is 22.8 Å². The summed E-state index contributed by atoms with van der Waals surface area (Å²) in [7, 11) is 0. The van der Waals surface area contributed by atoms with Crippen LogP contribution in [0.1, 0.15) is 22.5 Å². The quantitative estimate of drug-likeness (QED) is 0.0764. The Labute approximate surface area is 336 Å². The highest BCUT2D eigenvalue weighted by Crippen LogP contribution is 2.36. The van der Waals surface area contributed by atoms with Gasteiger partial charge in [-0.05, 0) is 72.8 Å². The maximum Gasteiger partial charge on any atom is 0.340 e. The van der Waals surface area contributed by atoms with Crippen LogP contribution in [0.15, 0.2) is 139 Å². The Kier molecular flexibility index (Phi) is 11.0. The lowest BCUT2D eigenvalue weighted by Crippen LogP contribution is -2.33. The average molecular weight is 789 g/mol. The smallest absolute Gasteiger partial charge is 0.340 e. The normalized spacial score (nSPS) is 10.5. The number of urea groups is 1. The number of hydrogen-bond acceptors (Lipinski definition) is 11. The van der Waals surface area contributed by atoms with E-state index in [9.17, 15) is 20.4 Å². The maximum absolute atomic E-state index is 13.3. The zero-order valence-corrected chi connectivity index (χ0v) is 31.0. The van der Waals surface area contributed by atoms with E-state index >= 15 is 0 Å². The second-order valence-corrected chi connectivity index (χ2v) is 12.9. The van der Waals surface area contributed by atoms with Gasteiger partial charge in [-0.25, -0.2) is 24.7 Å². The zero-order chi connectivity index (χ0) is 39.9. The summed E-state index contributed by atoms with van der Waals surface area (Å²) in [5.41, 5.74) is 10.4. The summed E-state index contributed by atoms with van der Waals surface area (Å²) in [5.74, 6) is 0.0897. The molecule has 7 aromatic rings. The van der Waals surface area contributed by atoms with E-state index in [0.29, 0.717) is 54.8 Å². The van der Waals surface area contributed by atoms with Gasteiger partial charge in [0.05, 0.1) is 29.0 Å². The SMILES string of the molecule is N#Cc1ccc(Nc2ncc(-c3ccccc3Cl)c(C(=NN(C(N)=O)c3cccc(O)c3)c3nc(Nc4ccc(C#N)cc4)ncc3-c3ccccc3Cl)n2)cc1. The molecule has 2 heterocycles. The molecular formula is C42H27Cl2N11O2. The second-order valence-electron chi connectivity index (χ2n) is 12.1. The highest BCUT2D eigenvalue weighted by Gasteiger charge is 2.27. The standard InChI is InChI=1S/C42H27Cl2N11O2/c43-35-10-3-1-8-31(35)33-23-48-41(50-27-16-12-25(21-45)13-17-27)52-37(33)39(54-55(40(47)57)29-6-5-7-30(56)20-29)38-34(32-9-2-4-11-36(32)44)24-49-42(53-38)51-28-18-14-26(22-46)15-19-28/h1-20,23-24,56H,(H2,47,57)(H,48,50,52)(H,49,51,53). The largest absolute Gasteiger partial charge is 0.508 e. The number of anilines is 5. The van der Waals surface area contributed by atoms with E-state index < -0.39 is 6.03 Å². The van der Waals surface area contributed by atoms with Crippen LogP contribution in [-0.2, 0) is 0 Å². The van der Waals surface area contributed by atoms with E-state index in [0.717, 1.165) is 5.01 Å². The van der Waals surface area contributed by atoms with Crippen molar-refractivity contribution in [3.8, 4) is 40.1 Å². The van der Waals surface area contributed by atoms with Gasteiger partial charge in [-0.1, -0.05) is 65.7 Å². The first-order chi connectivity index (χ1) is 27.7. The van der Waals surface area contributed by atoms with Crippen molar-refractivity contribution in [2.45, 2.75) is 0 Å². The van der Waals surface area contributed by atoms with Crippen LogP contribution >= 0.6 is 23.2 Å². The molecule has 0 saturated heterocycles. The summed E-state index contributed by atoms with van der Waals surface area (Å²) in [6.45, 7) is 0. The van der Waals surface area contributed by atoms with Crippen molar-refractivity contribution in [3.63, 3.8) is 0 Å². The molecule has 2 aromatic heterocycles. The fourth-order valence-electron chi connectivity index (χ4n) is 5.68. The topological polar surface area (TPSA) is 202 Å². The molecule has 13 nitrogen and oxygen atoms in total. The molecular weight excluding hydrogens is 761 g/mol. The number of nitrogens with zero attached hydrogens (tertiary/aromatic N) is 8. The maximum atomic E-state index is 13.3. The number of nitrogens with one attached hydrogen (secondary N) is 2. The van der Waals surface area contributed by atoms with Gasteiger partial charge >= 0.3 is 6.03 Å². The van der Waals surface area contributed by atoms with E-state index in [1.54, 1.807) is 116 Å². The van der Waals surface area contributed by atoms with Crippen molar-refractivity contribution in [1.29, 1.82) is 10.5 Å². The van der Waals surface area contributed by atoms with Gasteiger partial charge in [0, 0.05) is 62.1 Å². The molecule has 0 fully saturated rings. The molecule has 7 rings (SSSR count). The summed E-state index contributed by atoms with van der Waals surface area (Å²) in [4.78, 5) is 32.5. The number of halogens is 2. The number of phenols is 1. The molecule has 0 unspecified atom stereocenters. The molecule has 0 atom stereocenters. The molecule has 0 aliphatic rings. The average Bonchev–Trinajstić information content (AvgIpc) is 3.22. The summed E-state index contributed by atoms with van der Waals surface area (Å²) in [6.07, 6.45) is 3.11. The molecule has 5 N–H and O–H groups in total. The van der Waals surface area contributed by atoms with Gasteiger partial charge in [-0.2, -0.15) is 20.6 Å². The number of hydrogen-bond donors (Lipinski definition) is 4. The number of aromatic nitrogens is 4. The molecule has 0 aliphatic heterocycles. The first-order valence-corrected chi connectivity index (χ1v) is 17.7. The third-order valence-corrected chi connectivity index (χ3v) is 9.04. The van der Waals surface area contributed by atoms with Gasteiger partial charge in [0.2, 0.25) is 11.9 Å². The summed E-state index contributed by atoms with van der Waals surface area (Å²) < 4.78 is 0. The molecule has 2 amide bonds. The van der Waals surface area contributed by atoms with Crippen LogP contribution in [0.5, 0.6) is 5.75 Å². The third-order valence-electron chi connectivity index (χ3n) is 8.38. The fraction of sp³-hybridized carbons (Fsp3) is 0. The number of aromatic hydroxyl groups is 1.